The van der Waals surface area contributed by atoms with E-state index in [9.17, 15) is 27.5 Å². The number of halogens is 4. The Morgan fingerprint density at radius 3 is 2.57 bits per heavy atom. The minimum Gasteiger partial charge on any atom is -0.386 e. The van der Waals surface area contributed by atoms with Crippen molar-refractivity contribution in [3.05, 3.63) is 65.2 Å². The molecule has 8 heteroatoms. The second kappa shape index (κ2) is 6.74. The highest BCUT2D eigenvalue weighted by atomic mass is 19.4. The highest BCUT2D eigenvalue weighted by Gasteiger charge is 2.36. The molecule has 0 saturated carbocycles. The molecule has 0 fully saturated rings. The molecule has 23 heavy (non-hydrogen) atoms. The third-order valence-electron chi connectivity index (χ3n) is 3.05. The number of amides is 1. The SMILES string of the molecule is O=C(NCC(O)c1ccccc1F)c1ncccc1C(F)(F)F. The number of nitrogens with zero attached hydrogens (tertiary/aromatic N) is 1. The van der Waals surface area contributed by atoms with Crippen molar-refractivity contribution < 1.29 is 27.5 Å². The van der Waals surface area contributed by atoms with Crippen molar-refractivity contribution in [2.45, 2.75) is 12.3 Å². The molecule has 0 aliphatic heterocycles. The molecular weight excluding hydrogens is 316 g/mol. The standard InChI is InChI=1S/C15H12F4N2O2/c16-11-6-2-1-4-9(11)12(22)8-21-14(23)13-10(15(17,18)19)5-3-7-20-13/h1-7,12,22H,8H2,(H,21,23). The van der Waals surface area contributed by atoms with E-state index in [4.69, 9.17) is 0 Å². The maximum Gasteiger partial charge on any atom is 0.418 e. The molecule has 0 saturated heterocycles. The van der Waals surface area contributed by atoms with E-state index in [1.165, 1.54) is 18.2 Å². The third-order valence-corrected chi connectivity index (χ3v) is 3.05. The minimum absolute atomic E-state index is 0.0649. The van der Waals surface area contributed by atoms with Crippen LogP contribution in [0.5, 0.6) is 0 Å². The molecule has 0 spiro atoms. The highest BCUT2D eigenvalue weighted by molar-refractivity contribution is 5.93. The molecule has 1 aromatic heterocycles. The van der Waals surface area contributed by atoms with Crippen LogP contribution in [0.25, 0.3) is 0 Å². The van der Waals surface area contributed by atoms with Gasteiger partial charge in [0.25, 0.3) is 5.91 Å². The predicted octanol–water partition coefficient (Wildman–Crippen LogP) is 2.70. The Morgan fingerprint density at radius 1 is 1.22 bits per heavy atom. The van der Waals surface area contributed by atoms with Gasteiger partial charge in [-0.3, -0.25) is 9.78 Å². The van der Waals surface area contributed by atoms with Crippen LogP contribution in [0.2, 0.25) is 0 Å². The first kappa shape index (κ1) is 16.9. The molecule has 0 bridgehead atoms. The Hall–Kier alpha value is -2.48. The molecule has 1 amide bonds. The lowest BCUT2D eigenvalue weighted by atomic mass is 10.1. The van der Waals surface area contributed by atoms with Gasteiger partial charge in [-0.05, 0) is 18.2 Å². The normalized spacial score (nSPS) is 12.7. The molecule has 1 atom stereocenters. The Balaban J connectivity index is 2.11. The molecular formula is C15H12F4N2O2. The number of hydrogen-bond donors (Lipinski definition) is 2. The number of alkyl halides is 3. The fourth-order valence-corrected chi connectivity index (χ4v) is 1.94. The maximum absolute atomic E-state index is 13.5. The van der Waals surface area contributed by atoms with E-state index < -0.39 is 41.8 Å². The quantitative estimate of drug-likeness (QED) is 0.849. The second-order valence-electron chi connectivity index (χ2n) is 4.64. The Labute approximate surface area is 128 Å². The number of carbonyl (C=O) groups excluding carboxylic acids is 1. The number of rotatable bonds is 4. The molecule has 2 N–H and O–H groups in total. The first-order valence-corrected chi connectivity index (χ1v) is 6.53. The van der Waals surface area contributed by atoms with Crippen molar-refractivity contribution in [2.24, 2.45) is 0 Å². The van der Waals surface area contributed by atoms with Gasteiger partial charge >= 0.3 is 6.18 Å². The molecule has 1 aromatic carbocycles. The molecule has 2 rings (SSSR count). The van der Waals surface area contributed by atoms with Crippen molar-refractivity contribution in [3.63, 3.8) is 0 Å². The van der Waals surface area contributed by atoms with Gasteiger partial charge in [0, 0.05) is 18.3 Å². The van der Waals surface area contributed by atoms with E-state index in [1.54, 1.807) is 0 Å². The van der Waals surface area contributed by atoms with E-state index in [-0.39, 0.29) is 5.56 Å². The smallest absolute Gasteiger partial charge is 0.386 e. The summed E-state index contributed by atoms with van der Waals surface area (Å²) in [4.78, 5) is 15.3. The number of nitrogens with one attached hydrogen (secondary N) is 1. The van der Waals surface area contributed by atoms with Crippen molar-refractivity contribution in [1.29, 1.82) is 0 Å². The van der Waals surface area contributed by atoms with Gasteiger partial charge in [0.05, 0.1) is 11.7 Å². The van der Waals surface area contributed by atoms with E-state index in [0.717, 1.165) is 24.4 Å². The van der Waals surface area contributed by atoms with Crippen LogP contribution in [0.15, 0.2) is 42.6 Å². The number of benzene rings is 1. The summed E-state index contributed by atoms with van der Waals surface area (Å²) in [5.41, 5.74) is -2.05. The lowest BCUT2D eigenvalue weighted by molar-refractivity contribution is -0.138. The monoisotopic (exact) mass is 328 g/mol. The second-order valence-corrected chi connectivity index (χ2v) is 4.64. The zero-order valence-electron chi connectivity index (χ0n) is 11.6. The lowest BCUT2D eigenvalue weighted by Crippen LogP contribution is -2.31. The van der Waals surface area contributed by atoms with Crippen LogP contribution in [0.4, 0.5) is 17.6 Å². The summed E-state index contributed by atoms with van der Waals surface area (Å²) in [6.45, 7) is -0.451. The minimum atomic E-state index is -4.73. The van der Waals surface area contributed by atoms with E-state index in [2.05, 4.69) is 10.3 Å². The molecule has 0 aliphatic carbocycles. The van der Waals surface area contributed by atoms with Gasteiger partial charge < -0.3 is 10.4 Å². The summed E-state index contributed by atoms with van der Waals surface area (Å²) in [5, 5.41) is 11.9. The average Bonchev–Trinajstić information content (AvgIpc) is 2.52. The van der Waals surface area contributed by atoms with Crippen molar-refractivity contribution >= 4 is 5.91 Å². The molecule has 1 unspecified atom stereocenters. The molecule has 122 valence electrons. The number of carbonyl (C=O) groups is 1. The fourth-order valence-electron chi connectivity index (χ4n) is 1.94. The van der Waals surface area contributed by atoms with E-state index >= 15 is 0 Å². The first-order valence-electron chi connectivity index (χ1n) is 6.53. The summed E-state index contributed by atoms with van der Waals surface area (Å²) >= 11 is 0. The highest BCUT2D eigenvalue weighted by Crippen LogP contribution is 2.30. The largest absolute Gasteiger partial charge is 0.418 e. The predicted molar refractivity (Wildman–Crippen MR) is 72.9 cm³/mol. The Kier molecular flexibility index (Phi) is 4.95. The molecule has 0 aliphatic rings. The molecule has 0 radical (unpaired) electrons. The van der Waals surface area contributed by atoms with Gasteiger partial charge in [-0.2, -0.15) is 13.2 Å². The summed E-state index contributed by atoms with van der Waals surface area (Å²) < 4.78 is 51.9. The zero-order valence-corrected chi connectivity index (χ0v) is 11.6. The molecule has 2 aromatic rings. The lowest BCUT2D eigenvalue weighted by Gasteiger charge is -2.14. The van der Waals surface area contributed by atoms with Gasteiger partial charge in [0.2, 0.25) is 0 Å². The van der Waals surface area contributed by atoms with Crippen LogP contribution in [-0.2, 0) is 6.18 Å². The van der Waals surface area contributed by atoms with Gasteiger partial charge in [-0.15, -0.1) is 0 Å². The molecule has 4 nitrogen and oxygen atoms in total. The van der Waals surface area contributed by atoms with Crippen LogP contribution < -0.4 is 5.32 Å². The average molecular weight is 328 g/mol. The van der Waals surface area contributed by atoms with Gasteiger partial charge in [-0.1, -0.05) is 18.2 Å². The Bertz CT molecular complexity index is 704. The van der Waals surface area contributed by atoms with Gasteiger partial charge in [0.15, 0.2) is 0 Å². The van der Waals surface area contributed by atoms with Crippen LogP contribution in [0.1, 0.15) is 27.7 Å². The number of aromatic nitrogens is 1. The van der Waals surface area contributed by atoms with E-state index in [1.807, 2.05) is 0 Å². The fraction of sp³-hybridized carbons (Fsp3) is 0.200. The number of aliphatic hydroxyl groups excluding tert-OH is 1. The summed E-state index contributed by atoms with van der Waals surface area (Å²) in [6, 6.07) is 7.15. The van der Waals surface area contributed by atoms with Crippen molar-refractivity contribution in [3.8, 4) is 0 Å². The van der Waals surface area contributed by atoms with E-state index in [0.29, 0.717) is 0 Å². The van der Waals surface area contributed by atoms with Crippen LogP contribution >= 0.6 is 0 Å². The summed E-state index contributed by atoms with van der Waals surface area (Å²) in [7, 11) is 0. The van der Waals surface area contributed by atoms with Gasteiger partial charge in [0.1, 0.15) is 11.5 Å². The summed E-state index contributed by atoms with van der Waals surface area (Å²) in [6.07, 6.45) is -5.07. The Morgan fingerprint density at radius 2 is 1.91 bits per heavy atom. The van der Waals surface area contributed by atoms with Crippen molar-refractivity contribution in [1.82, 2.24) is 10.3 Å². The zero-order chi connectivity index (χ0) is 17.0. The number of hydrogen-bond acceptors (Lipinski definition) is 3. The van der Waals surface area contributed by atoms with Crippen LogP contribution in [0.3, 0.4) is 0 Å². The van der Waals surface area contributed by atoms with Crippen LogP contribution in [0, 0.1) is 5.82 Å². The number of aliphatic hydroxyl groups is 1. The van der Waals surface area contributed by atoms with Crippen LogP contribution in [-0.4, -0.2) is 22.5 Å². The maximum atomic E-state index is 13.5. The van der Waals surface area contributed by atoms with Crippen molar-refractivity contribution in [2.75, 3.05) is 6.54 Å². The number of pyridine rings is 1. The first-order chi connectivity index (χ1) is 10.8. The van der Waals surface area contributed by atoms with Gasteiger partial charge in [-0.25, -0.2) is 4.39 Å². The third kappa shape index (κ3) is 4.04. The summed E-state index contributed by atoms with van der Waals surface area (Å²) in [5.74, 6) is -1.78. The topological polar surface area (TPSA) is 62.2 Å². The molecule has 1 heterocycles.